The molecule has 5 heteroatoms. The van der Waals surface area contributed by atoms with E-state index < -0.39 is 0 Å². The van der Waals surface area contributed by atoms with Crippen LogP contribution in [0.1, 0.15) is 27.9 Å². The number of hydrogen-bond donors (Lipinski definition) is 0. The van der Waals surface area contributed by atoms with E-state index in [0.717, 1.165) is 17.4 Å². The number of nitrogens with zero attached hydrogens (tertiary/aromatic N) is 2. The highest BCUT2D eigenvalue weighted by Gasteiger charge is 2.19. The molecule has 0 amide bonds. The molecule has 1 aromatic carbocycles. The summed E-state index contributed by atoms with van der Waals surface area (Å²) in [5.74, 6) is -0.327. The van der Waals surface area contributed by atoms with Gasteiger partial charge in [0.05, 0.1) is 12.8 Å². The molecule has 0 saturated carbocycles. The van der Waals surface area contributed by atoms with Gasteiger partial charge in [-0.15, -0.1) is 0 Å². The van der Waals surface area contributed by atoms with Crippen LogP contribution in [0.15, 0.2) is 24.3 Å². The topological polar surface area (TPSA) is 42.4 Å². The van der Waals surface area contributed by atoms with Gasteiger partial charge in [-0.25, -0.2) is 9.78 Å². The third kappa shape index (κ3) is 2.82. The van der Waals surface area contributed by atoms with Crippen LogP contribution in [0.2, 0.25) is 0 Å². The van der Waals surface area contributed by atoms with E-state index >= 15 is 0 Å². The van der Waals surface area contributed by atoms with Crippen LogP contribution in [0.4, 0.5) is 10.8 Å². The zero-order chi connectivity index (χ0) is 14.7. The fourth-order valence-electron chi connectivity index (χ4n) is 2.00. The number of benzene rings is 1. The highest BCUT2D eigenvalue weighted by molar-refractivity contribution is 7.17. The van der Waals surface area contributed by atoms with Gasteiger partial charge in [0.25, 0.3) is 0 Å². The second kappa shape index (κ2) is 6.05. The lowest BCUT2D eigenvalue weighted by atomic mass is 10.2. The molecule has 0 aliphatic heterocycles. The van der Waals surface area contributed by atoms with Gasteiger partial charge in [0.15, 0.2) is 5.13 Å². The summed E-state index contributed by atoms with van der Waals surface area (Å²) in [6.07, 6.45) is 0. The number of rotatable bonds is 4. The maximum Gasteiger partial charge on any atom is 0.350 e. The number of anilines is 2. The maximum absolute atomic E-state index is 11.7. The zero-order valence-corrected chi connectivity index (χ0v) is 13.0. The van der Waals surface area contributed by atoms with Crippen molar-refractivity contribution < 1.29 is 9.53 Å². The average Bonchev–Trinajstić information content (AvgIpc) is 2.81. The molecule has 0 saturated heterocycles. The number of aromatic nitrogens is 1. The Kier molecular flexibility index (Phi) is 4.39. The smallest absolute Gasteiger partial charge is 0.350 e. The van der Waals surface area contributed by atoms with Crippen molar-refractivity contribution >= 4 is 28.1 Å². The SMILES string of the molecule is CCN(c1cccc(C)c1)c1nc(C)c(C(=O)OC)s1. The molecule has 0 atom stereocenters. The molecule has 0 bridgehead atoms. The van der Waals surface area contributed by atoms with Gasteiger partial charge in [-0.05, 0) is 38.5 Å². The van der Waals surface area contributed by atoms with Crippen LogP contribution < -0.4 is 4.90 Å². The van der Waals surface area contributed by atoms with Crippen molar-refractivity contribution in [2.24, 2.45) is 0 Å². The molecule has 0 spiro atoms. The molecule has 0 unspecified atom stereocenters. The van der Waals surface area contributed by atoms with Gasteiger partial charge in [-0.3, -0.25) is 0 Å². The molecule has 0 fully saturated rings. The number of methoxy groups -OCH3 is 1. The predicted molar refractivity (Wildman–Crippen MR) is 82.0 cm³/mol. The molecule has 4 nitrogen and oxygen atoms in total. The molecule has 0 aliphatic rings. The zero-order valence-electron chi connectivity index (χ0n) is 12.1. The Bertz CT molecular complexity index is 622. The Morgan fingerprint density at radius 3 is 2.75 bits per heavy atom. The molecular weight excluding hydrogens is 272 g/mol. The van der Waals surface area contributed by atoms with Crippen molar-refractivity contribution in [3.05, 3.63) is 40.4 Å². The quantitative estimate of drug-likeness (QED) is 0.805. The monoisotopic (exact) mass is 290 g/mol. The average molecular weight is 290 g/mol. The molecule has 106 valence electrons. The Labute approximate surface area is 123 Å². The minimum Gasteiger partial charge on any atom is -0.465 e. The molecule has 0 radical (unpaired) electrons. The third-order valence-electron chi connectivity index (χ3n) is 3.02. The Balaban J connectivity index is 2.40. The third-order valence-corrected chi connectivity index (χ3v) is 4.18. The van der Waals surface area contributed by atoms with E-state index in [-0.39, 0.29) is 5.97 Å². The molecule has 2 rings (SSSR count). The van der Waals surface area contributed by atoms with Crippen LogP contribution in [0, 0.1) is 13.8 Å². The van der Waals surface area contributed by atoms with Gasteiger partial charge in [-0.1, -0.05) is 23.5 Å². The van der Waals surface area contributed by atoms with E-state index in [0.29, 0.717) is 10.6 Å². The Hall–Kier alpha value is -1.88. The summed E-state index contributed by atoms with van der Waals surface area (Å²) < 4.78 is 4.78. The summed E-state index contributed by atoms with van der Waals surface area (Å²) in [5.41, 5.74) is 2.99. The van der Waals surface area contributed by atoms with Crippen LogP contribution in [0.25, 0.3) is 0 Å². The van der Waals surface area contributed by atoms with E-state index in [1.807, 2.05) is 19.1 Å². The van der Waals surface area contributed by atoms with Crippen LogP contribution in [-0.4, -0.2) is 24.6 Å². The van der Waals surface area contributed by atoms with Crippen molar-refractivity contribution in [1.29, 1.82) is 0 Å². The molecule has 0 aliphatic carbocycles. The van der Waals surface area contributed by atoms with Crippen molar-refractivity contribution in [3.63, 3.8) is 0 Å². The van der Waals surface area contributed by atoms with E-state index in [2.05, 4.69) is 35.9 Å². The fraction of sp³-hybridized carbons (Fsp3) is 0.333. The summed E-state index contributed by atoms with van der Waals surface area (Å²) in [4.78, 5) is 18.8. The Morgan fingerprint density at radius 1 is 1.40 bits per heavy atom. The van der Waals surface area contributed by atoms with E-state index in [9.17, 15) is 4.79 Å². The van der Waals surface area contributed by atoms with Gasteiger partial charge in [-0.2, -0.15) is 0 Å². The van der Waals surface area contributed by atoms with Crippen LogP contribution >= 0.6 is 11.3 Å². The van der Waals surface area contributed by atoms with Crippen LogP contribution in [0.3, 0.4) is 0 Å². The fourth-order valence-corrected chi connectivity index (χ4v) is 3.07. The number of carbonyl (C=O) groups excluding carboxylic acids is 1. The number of carbonyl (C=O) groups is 1. The summed E-state index contributed by atoms with van der Waals surface area (Å²) >= 11 is 1.37. The predicted octanol–water partition coefficient (Wildman–Crippen LogP) is 3.70. The first kappa shape index (κ1) is 14.5. The standard InChI is InChI=1S/C15H18N2O2S/c1-5-17(12-8-6-7-10(2)9-12)15-16-11(3)13(20-15)14(18)19-4/h6-9H,5H2,1-4H3. The lowest BCUT2D eigenvalue weighted by molar-refractivity contribution is 0.0605. The van der Waals surface area contributed by atoms with Crippen molar-refractivity contribution in [2.45, 2.75) is 20.8 Å². The first-order chi connectivity index (χ1) is 9.56. The lowest BCUT2D eigenvalue weighted by Crippen LogP contribution is -2.15. The summed E-state index contributed by atoms with van der Waals surface area (Å²) in [5, 5.41) is 0.816. The second-order valence-corrected chi connectivity index (χ2v) is 5.46. The van der Waals surface area contributed by atoms with Crippen LogP contribution in [0.5, 0.6) is 0 Å². The van der Waals surface area contributed by atoms with Gasteiger partial charge in [0.1, 0.15) is 4.88 Å². The molecule has 1 aromatic heterocycles. The minimum absolute atomic E-state index is 0.327. The molecule has 2 aromatic rings. The largest absolute Gasteiger partial charge is 0.465 e. The van der Waals surface area contributed by atoms with E-state index in [4.69, 9.17) is 4.74 Å². The first-order valence-corrected chi connectivity index (χ1v) is 7.28. The first-order valence-electron chi connectivity index (χ1n) is 6.46. The summed E-state index contributed by atoms with van der Waals surface area (Å²) in [6, 6.07) is 8.24. The Morgan fingerprint density at radius 2 is 2.15 bits per heavy atom. The number of hydrogen-bond acceptors (Lipinski definition) is 5. The molecular formula is C15H18N2O2S. The number of aryl methyl sites for hydroxylation is 2. The number of thiazole rings is 1. The summed E-state index contributed by atoms with van der Waals surface area (Å²) in [7, 11) is 1.39. The second-order valence-electron chi connectivity index (χ2n) is 4.49. The lowest BCUT2D eigenvalue weighted by Gasteiger charge is -2.20. The van der Waals surface area contributed by atoms with Crippen molar-refractivity contribution in [3.8, 4) is 0 Å². The van der Waals surface area contributed by atoms with Crippen molar-refractivity contribution in [1.82, 2.24) is 4.98 Å². The summed E-state index contributed by atoms with van der Waals surface area (Å²) in [6.45, 7) is 6.74. The van der Waals surface area contributed by atoms with Gasteiger partial charge in [0, 0.05) is 12.2 Å². The van der Waals surface area contributed by atoms with Gasteiger partial charge < -0.3 is 9.64 Å². The van der Waals surface area contributed by atoms with Gasteiger partial charge >= 0.3 is 5.97 Å². The molecule has 20 heavy (non-hydrogen) atoms. The normalized spacial score (nSPS) is 10.4. The molecule has 0 N–H and O–H groups in total. The minimum atomic E-state index is -0.327. The van der Waals surface area contributed by atoms with Crippen LogP contribution in [-0.2, 0) is 4.74 Å². The van der Waals surface area contributed by atoms with Gasteiger partial charge in [0.2, 0.25) is 0 Å². The van der Waals surface area contributed by atoms with E-state index in [1.54, 1.807) is 0 Å². The maximum atomic E-state index is 11.7. The van der Waals surface area contributed by atoms with E-state index in [1.165, 1.54) is 24.0 Å². The highest BCUT2D eigenvalue weighted by Crippen LogP contribution is 2.32. The van der Waals surface area contributed by atoms with Crippen molar-refractivity contribution in [2.75, 3.05) is 18.6 Å². The number of ether oxygens (including phenoxy) is 1. The number of esters is 1. The highest BCUT2D eigenvalue weighted by atomic mass is 32.1. The molecule has 1 heterocycles.